The molecule has 1 aliphatic heterocycles. The molecule has 20 heavy (non-hydrogen) atoms. The summed E-state index contributed by atoms with van der Waals surface area (Å²) in [6.07, 6.45) is 2.56. The van der Waals surface area contributed by atoms with E-state index in [2.05, 4.69) is 34.9 Å². The molecule has 1 heterocycles. The van der Waals surface area contributed by atoms with E-state index in [1.165, 1.54) is 5.56 Å². The first-order valence-electron chi connectivity index (χ1n) is 7.44. The second kappa shape index (κ2) is 5.54. The van der Waals surface area contributed by atoms with Crippen molar-refractivity contribution in [2.24, 2.45) is 5.41 Å². The van der Waals surface area contributed by atoms with E-state index >= 15 is 0 Å². The lowest BCUT2D eigenvalue weighted by Gasteiger charge is -2.33. The normalized spacial score (nSPS) is 28.0. The number of nitrogens with one attached hydrogen (secondary N) is 2. The smallest absolute Gasteiger partial charge is 0.311 e. The van der Waals surface area contributed by atoms with Crippen molar-refractivity contribution in [3.8, 4) is 0 Å². The van der Waals surface area contributed by atoms with Crippen molar-refractivity contribution in [2.75, 3.05) is 19.6 Å². The van der Waals surface area contributed by atoms with Crippen LogP contribution in [0.25, 0.3) is 0 Å². The average molecular weight is 274 g/mol. The Hall–Kier alpha value is -1.39. The van der Waals surface area contributed by atoms with Crippen LogP contribution in [0.1, 0.15) is 30.7 Å². The predicted molar refractivity (Wildman–Crippen MR) is 77.8 cm³/mol. The maximum absolute atomic E-state index is 11.6. The predicted octanol–water partition coefficient (Wildman–Crippen LogP) is 1.59. The van der Waals surface area contributed by atoms with E-state index in [4.69, 9.17) is 0 Å². The Morgan fingerprint density at radius 2 is 2.00 bits per heavy atom. The summed E-state index contributed by atoms with van der Waals surface area (Å²) in [7, 11) is 0. The first kappa shape index (κ1) is 13.6. The third-order valence-corrected chi connectivity index (χ3v) is 4.74. The van der Waals surface area contributed by atoms with Crippen LogP contribution in [0.15, 0.2) is 30.3 Å². The standard InChI is InChI=1S/C16H22N2O2/c19-15(20)16(6-8-17-9-7-16)11-18-14-10-13(14)12-4-2-1-3-5-12/h1-5,13-14,17-18H,6-11H2,(H,19,20)/t13-,14+/m0/s1. The molecule has 3 rings (SSSR count). The summed E-state index contributed by atoms with van der Waals surface area (Å²) in [4.78, 5) is 11.6. The Morgan fingerprint density at radius 3 is 2.65 bits per heavy atom. The zero-order valence-electron chi connectivity index (χ0n) is 11.6. The Morgan fingerprint density at radius 1 is 1.30 bits per heavy atom. The quantitative estimate of drug-likeness (QED) is 0.763. The molecule has 0 radical (unpaired) electrons. The van der Waals surface area contributed by atoms with Gasteiger partial charge in [0.2, 0.25) is 0 Å². The first-order valence-corrected chi connectivity index (χ1v) is 7.44. The van der Waals surface area contributed by atoms with Crippen molar-refractivity contribution < 1.29 is 9.90 Å². The van der Waals surface area contributed by atoms with Crippen molar-refractivity contribution >= 4 is 5.97 Å². The minimum absolute atomic E-state index is 0.448. The topological polar surface area (TPSA) is 61.4 Å². The Labute approximate surface area is 119 Å². The van der Waals surface area contributed by atoms with Gasteiger partial charge in [0.05, 0.1) is 5.41 Å². The SMILES string of the molecule is O=C(O)C1(CN[C@@H]2C[C@H]2c2ccccc2)CCNCC1. The van der Waals surface area contributed by atoms with Crippen molar-refractivity contribution in [3.63, 3.8) is 0 Å². The fourth-order valence-corrected chi connectivity index (χ4v) is 3.19. The van der Waals surface area contributed by atoms with Crippen LogP contribution in [0.2, 0.25) is 0 Å². The van der Waals surface area contributed by atoms with Gasteiger partial charge in [-0.1, -0.05) is 30.3 Å². The minimum Gasteiger partial charge on any atom is -0.481 e. The van der Waals surface area contributed by atoms with Crippen LogP contribution in [-0.4, -0.2) is 36.8 Å². The van der Waals surface area contributed by atoms with Crippen molar-refractivity contribution in [2.45, 2.75) is 31.2 Å². The van der Waals surface area contributed by atoms with E-state index in [-0.39, 0.29) is 0 Å². The minimum atomic E-state index is -0.650. The molecule has 4 nitrogen and oxygen atoms in total. The van der Waals surface area contributed by atoms with E-state index in [0.29, 0.717) is 18.5 Å². The molecule has 0 aromatic heterocycles. The summed E-state index contributed by atoms with van der Waals surface area (Å²) in [5, 5.41) is 16.3. The van der Waals surface area contributed by atoms with Crippen LogP contribution < -0.4 is 10.6 Å². The summed E-state index contributed by atoms with van der Waals surface area (Å²) >= 11 is 0. The third-order valence-electron chi connectivity index (χ3n) is 4.74. The zero-order chi connectivity index (χ0) is 14.0. The number of hydrogen-bond acceptors (Lipinski definition) is 3. The monoisotopic (exact) mass is 274 g/mol. The van der Waals surface area contributed by atoms with Gasteiger partial charge in [-0.05, 0) is 37.9 Å². The highest BCUT2D eigenvalue weighted by molar-refractivity contribution is 5.75. The summed E-state index contributed by atoms with van der Waals surface area (Å²) < 4.78 is 0. The number of aliphatic carboxylic acids is 1. The number of carbonyl (C=O) groups is 1. The number of carboxylic acids is 1. The second-order valence-corrected chi connectivity index (χ2v) is 6.08. The molecule has 2 fully saturated rings. The number of carboxylic acid groups (broad SMARTS) is 1. The van der Waals surface area contributed by atoms with Crippen molar-refractivity contribution in [1.82, 2.24) is 10.6 Å². The van der Waals surface area contributed by atoms with Crippen molar-refractivity contribution in [1.29, 1.82) is 0 Å². The maximum atomic E-state index is 11.6. The summed E-state index contributed by atoms with van der Waals surface area (Å²) in [5.74, 6) is -0.0906. The second-order valence-electron chi connectivity index (χ2n) is 6.08. The van der Waals surface area contributed by atoms with Crippen LogP contribution in [0.4, 0.5) is 0 Å². The molecule has 0 spiro atoms. The molecule has 3 N–H and O–H groups in total. The van der Waals surface area contributed by atoms with Gasteiger partial charge in [-0.3, -0.25) is 4.79 Å². The highest BCUT2D eigenvalue weighted by Gasteiger charge is 2.43. The zero-order valence-corrected chi connectivity index (χ0v) is 11.6. The number of piperidine rings is 1. The van der Waals surface area contributed by atoms with Crippen LogP contribution >= 0.6 is 0 Å². The fraction of sp³-hybridized carbons (Fsp3) is 0.562. The molecule has 4 heteroatoms. The van der Waals surface area contributed by atoms with Crippen LogP contribution in [0.5, 0.6) is 0 Å². The molecule has 0 bridgehead atoms. The molecule has 2 aliphatic rings. The molecule has 1 saturated heterocycles. The molecule has 1 aromatic rings. The Bertz CT molecular complexity index is 469. The lowest BCUT2D eigenvalue weighted by atomic mass is 9.79. The van der Waals surface area contributed by atoms with Gasteiger partial charge in [0, 0.05) is 18.5 Å². The van der Waals surface area contributed by atoms with Crippen molar-refractivity contribution in [3.05, 3.63) is 35.9 Å². The van der Waals surface area contributed by atoms with Gasteiger partial charge in [0.15, 0.2) is 0 Å². The lowest BCUT2D eigenvalue weighted by Crippen LogP contribution is -2.48. The highest BCUT2D eigenvalue weighted by Crippen LogP contribution is 2.41. The van der Waals surface area contributed by atoms with Gasteiger partial charge in [0.1, 0.15) is 0 Å². The lowest BCUT2D eigenvalue weighted by molar-refractivity contribution is -0.150. The van der Waals surface area contributed by atoms with Crippen LogP contribution in [-0.2, 0) is 4.79 Å². The molecule has 0 amide bonds. The van der Waals surface area contributed by atoms with Gasteiger partial charge in [-0.15, -0.1) is 0 Å². The number of rotatable bonds is 5. The number of hydrogen-bond donors (Lipinski definition) is 3. The largest absolute Gasteiger partial charge is 0.481 e. The molecule has 108 valence electrons. The van der Waals surface area contributed by atoms with Crippen LogP contribution in [0, 0.1) is 5.41 Å². The van der Waals surface area contributed by atoms with E-state index < -0.39 is 11.4 Å². The fourth-order valence-electron chi connectivity index (χ4n) is 3.19. The highest BCUT2D eigenvalue weighted by atomic mass is 16.4. The van der Waals surface area contributed by atoms with Crippen LogP contribution in [0.3, 0.4) is 0 Å². The molecule has 0 unspecified atom stereocenters. The maximum Gasteiger partial charge on any atom is 0.311 e. The molecule has 1 aliphatic carbocycles. The Balaban J connectivity index is 1.56. The van der Waals surface area contributed by atoms with Gasteiger partial charge in [-0.2, -0.15) is 0 Å². The molecule has 1 saturated carbocycles. The summed E-state index contributed by atoms with van der Waals surface area (Å²) in [5.41, 5.74) is 0.786. The van der Waals surface area contributed by atoms with Gasteiger partial charge < -0.3 is 15.7 Å². The van der Waals surface area contributed by atoms with Gasteiger partial charge >= 0.3 is 5.97 Å². The van der Waals surface area contributed by atoms with E-state index in [1.54, 1.807) is 0 Å². The first-order chi connectivity index (χ1) is 9.71. The Kier molecular flexibility index (Phi) is 3.76. The van der Waals surface area contributed by atoms with E-state index in [0.717, 1.165) is 32.4 Å². The molecular formula is C16H22N2O2. The van der Waals surface area contributed by atoms with E-state index in [9.17, 15) is 9.90 Å². The summed E-state index contributed by atoms with van der Waals surface area (Å²) in [6.45, 7) is 2.21. The summed E-state index contributed by atoms with van der Waals surface area (Å²) in [6, 6.07) is 10.9. The average Bonchev–Trinajstić information content (AvgIpc) is 3.27. The molecule has 1 aromatic carbocycles. The third kappa shape index (κ3) is 2.72. The van der Waals surface area contributed by atoms with Gasteiger partial charge in [0.25, 0.3) is 0 Å². The molecule has 2 atom stereocenters. The number of benzene rings is 1. The van der Waals surface area contributed by atoms with E-state index in [1.807, 2.05) is 6.07 Å². The van der Waals surface area contributed by atoms with Gasteiger partial charge in [-0.25, -0.2) is 0 Å². The molecular weight excluding hydrogens is 252 g/mol.